The fourth-order valence-corrected chi connectivity index (χ4v) is 2.58. The molecule has 134 valence electrons. The van der Waals surface area contributed by atoms with Crippen LogP contribution < -0.4 is 20.5 Å². The lowest BCUT2D eigenvalue weighted by atomic mass is 10.2. The van der Waals surface area contributed by atoms with E-state index in [1.165, 1.54) is 5.01 Å². The number of aryl methyl sites for hydroxylation is 1. The molecule has 6 heteroatoms. The minimum Gasteiger partial charge on any atom is -0.497 e. The van der Waals surface area contributed by atoms with Crippen molar-refractivity contribution in [1.82, 2.24) is 10.7 Å². The standard InChI is InChI=1S/C20H21N3O3/c1-14-3-7-16(8-4-14)23-19(24)12-11-18(22-23)20(25)21-13-15-5-9-17(26-2)10-6-15/h3-11,22H,12-13H2,1-2H3,(H,21,25). The smallest absolute Gasteiger partial charge is 0.269 e. The maximum Gasteiger partial charge on any atom is 0.269 e. The normalized spacial score (nSPS) is 13.7. The van der Waals surface area contributed by atoms with Crippen molar-refractivity contribution in [1.29, 1.82) is 0 Å². The van der Waals surface area contributed by atoms with Gasteiger partial charge in [-0.3, -0.25) is 15.0 Å². The van der Waals surface area contributed by atoms with E-state index in [0.29, 0.717) is 17.9 Å². The lowest BCUT2D eigenvalue weighted by Crippen LogP contribution is -2.48. The quantitative estimate of drug-likeness (QED) is 0.868. The Bertz CT molecular complexity index is 826. The third kappa shape index (κ3) is 4.03. The first-order chi connectivity index (χ1) is 12.6. The number of carbonyl (C=O) groups is 2. The van der Waals surface area contributed by atoms with Gasteiger partial charge in [0.1, 0.15) is 11.4 Å². The highest BCUT2D eigenvalue weighted by atomic mass is 16.5. The van der Waals surface area contributed by atoms with Crippen LogP contribution in [0, 0.1) is 6.92 Å². The highest BCUT2D eigenvalue weighted by molar-refractivity contribution is 6.01. The average molecular weight is 351 g/mol. The van der Waals surface area contributed by atoms with Crippen LogP contribution in [0.1, 0.15) is 17.5 Å². The van der Waals surface area contributed by atoms with Gasteiger partial charge in [0.2, 0.25) is 5.91 Å². The summed E-state index contributed by atoms with van der Waals surface area (Å²) in [5, 5.41) is 4.26. The van der Waals surface area contributed by atoms with Crippen LogP contribution in [-0.2, 0) is 16.1 Å². The Morgan fingerprint density at radius 2 is 1.85 bits per heavy atom. The topological polar surface area (TPSA) is 70.7 Å². The molecule has 1 aliphatic heterocycles. The second-order valence-electron chi connectivity index (χ2n) is 6.03. The van der Waals surface area contributed by atoms with Crippen LogP contribution in [-0.4, -0.2) is 18.9 Å². The Hall–Kier alpha value is -3.28. The Morgan fingerprint density at radius 3 is 2.50 bits per heavy atom. The molecular weight excluding hydrogens is 330 g/mol. The summed E-state index contributed by atoms with van der Waals surface area (Å²) in [5.74, 6) is 0.398. The molecule has 0 saturated heterocycles. The highest BCUT2D eigenvalue weighted by Gasteiger charge is 2.23. The van der Waals surface area contributed by atoms with Crippen molar-refractivity contribution in [3.63, 3.8) is 0 Å². The zero-order chi connectivity index (χ0) is 18.5. The number of hydrazine groups is 1. The third-order valence-electron chi connectivity index (χ3n) is 4.11. The molecule has 2 amide bonds. The van der Waals surface area contributed by atoms with Crippen LogP contribution in [0.3, 0.4) is 0 Å². The van der Waals surface area contributed by atoms with Crippen LogP contribution in [0.15, 0.2) is 60.3 Å². The van der Waals surface area contributed by atoms with Gasteiger partial charge in [0.25, 0.3) is 5.91 Å². The molecule has 2 aromatic carbocycles. The highest BCUT2D eigenvalue weighted by Crippen LogP contribution is 2.18. The molecular formula is C20H21N3O3. The lowest BCUT2D eigenvalue weighted by molar-refractivity contribution is -0.120. The minimum absolute atomic E-state index is 0.111. The van der Waals surface area contributed by atoms with E-state index >= 15 is 0 Å². The number of benzene rings is 2. The molecule has 6 nitrogen and oxygen atoms in total. The maximum atomic E-state index is 12.4. The van der Waals surface area contributed by atoms with Crippen molar-refractivity contribution in [2.75, 3.05) is 12.1 Å². The number of hydrogen-bond donors (Lipinski definition) is 2. The molecule has 3 rings (SSSR count). The Kier molecular flexibility index (Phi) is 5.22. The summed E-state index contributed by atoms with van der Waals surface area (Å²) in [7, 11) is 1.61. The summed E-state index contributed by atoms with van der Waals surface area (Å²) in [6.45, 7) is 2.37. The van der Waals surface area contributed by atoms with Gasteiger partial charge in [0.15, 0.2) is 0 Å². The average Bonchev–Trinajstić information content (AvgIpc) is 2.67. The summed E-state index contributed by atoms with van der Waals surface area (Å²) >= 11 is 0. The Balaban J connectivity index is 1.63. The van der Waals surface area contributed by atoms with E-state index < -0.39 is 0 Å². The molecule has 0 atom stereocenters. The van der Waals surface area contributed by atoms with E-state index in [1.54, 1.807) is 13.2 Å². The lowest BCUT2D eigenvalue weighted by Gasteiger charge is -2.28. The molecule has 0 radical (unpaired) electrons. The first kappa shape index (κ1) is 17.5. The predicted octanol–water partition coefficient (Wildman–Crippen LogP) is 2.45. The van der Waals surface area contributed by atoms with Gasteiger partial charge in [-0.25, -0.2) is 5.01 Å². The molecule has 1 aliphatic rings. The van der Waals surface area contributed by atoms with Gasteiger partial charge in [0, 0.05) is 13.0 Å². The van der Waals surface area contributed by atoms with Gasteiger partial charge in [-0.1, -0.05) is 29.8 Å². The molecule has 0 aliphatic carbocycles. The van der Waals surface area contributed by atoms with E-state index in [4.69, 9.17) is 4.74 Å². The summed E-state index contributed by atoms with van der Waals surface area (Å²) in [6.07, 6.45) is 1.78. The van der Waals surface area contributed by atoms with Gasteiger partial charge in [0.05, 0.1) is 12.8 Å². The van der Waals surface area contributed by atoms with Crippen molar-refractivity contribution in [3.05, 3.63) is 71.4 Å². The van der Waals surface area contributed by atoms with Gasteiger partial charge in [-0.15, -0.1) is 0 Å². The van der Waals surface area contributed by atoms with Crippen molar-refractivity contribution < 1.29 is 14.3 Å². The first-order valence-corrected chi connectivity index (χ1v) is 8.34. The minimum atomic E-state index is -0.259. The SMILES string of the molecule is COc1ccc(CNC(=O)C2=CCC(=O)N(c3ccc(C)cc3)N2)cc1. The van der Waals surface area contributed by atoms with Gasteiger partial charge in [-0.2, -0.15) is 0 Å². The number of hydrogen-bond acceptors (Lipinski definition) is 4. The molecule has 0 fully saturated rings. The number of nitrogens with one attached hydrogen (secondary N) is 2. The van der Waals surface area contributed by atoms with Crippen LogP contribution in [0.25, 0.3) is 0 Å². The Labute approximate surface area is 152 Å². The number of ether oxygens (including phenoxy) is 1. The maximum absolute atomic E-state index is 12.4. The second-order valence-corrected chi connectivity index (χ2v) is 6.03. The number of amides is 2. The fourth-order valence-electron chi connectivity index (χ4n) is 2.58. The van der Waals surface area contributed by atoms with Crippen molar-refractivity contribution >= 4 is 17.5 Å². The summed E-state index contributed by atoms with van der Waals surface area (Å²) in [4.78, 5) is 24.6. The largest absolute Gasteiger partial charge is 0.497 e. The predicted molar refractivity (Wildman–Crippen MR) is 99.3 cm³/mol. The zero-order valence-corrected chi connectivity index (χ0v) is 14.8. The third-order valence-corrected chi connectivity index (χ3v) is 4.11. The molecule has 0 aromatic heterocycles. The van der Waals surface area contributed by atoms with Crippen LogP contribution in [0.4, 0.5) is 5.69 Å². The monoisotopic (exact) mass is 351 g/mol. The molecule has 0 bridgehead atoms. The van der Waals surface area contributed by atoms with Gasteiger partial charge >= 0.3 is 0 Å². The van der Waals surface area contributed by atoms with Crippen molar-refractivity contribution in [2.24, 2.45) is 0 Å². The van der Waals surface area contributed by atoms with E-state index in [2.05, 4.69) is 10.7 Å². The first-order valence-electron chi connectivity index (χ1n) is 8.34. The van der Waals surface area contributed by atoms with Crippen LogP contribution in [0.2, 0.25) is 0 Å². The molecule has 1 heterocycles. The molecule has 26 heavy (non-hydrogen) atoms. The number of anilines is 1. The number of methoxy groups -OCH3 is 1. The molecule has 0 saturated carbocycles. The van der Waals surface area contributed by atoms with E-state index in [1.807, 2.05) is 55.5 Å². The summed E-state index contributed by atoms with van der Waals surface area (Å²) in [6, 6.07) is 15.0. The molecule has 2 aromatic rings. The van der Waals surface area contributed by atoms with Gasteiger partial charge < -0.3 is 10.1 Å². The number of carbonyl (C=O) groups excluding carboxylic acids is 2. The van der Waals surface area contributed by atoms with Crippen molar-refractivity contribution in [3.8, 4) is 5.75 Å². The summed E-state index contributed by atoms with van der Waals surface area (Å²) < 4.78 is 5.12. The van der Waals surface area contributed by atoms with Crippen LogP contribution >= 0.6 is 0 Å². The number of rotatable bonds is 5. The van der Waals surface area contributed by atoms with Gasteiger partial charge in [-0.05, 0) is 42.8 Å². The molecule has 0 unspecified atom stereocenters. The fraction of sp³-hybridized carbons (Fsp3) is 0.200. The molecule has 0 spiro atoms. The number of nitrogens with zero attached hydrogens (tertiary/aromatic N) is 1. The Morgan fingerprint density at radius 1 is 1.15 bits per heavy atom. The zero-order valence-electron chi connectivity index (χ0n) is 14.8. The second kappa shape index (κ2) is 7.74. The summed E-state index contributed by atoms with van der Waals surface area (Å²) in [5.41, 5.74) is 6.03. The van der Waals surface area contributed by atoms with Crippen molar-refractivity contribution in [2.45, 2.75) is 19.9 Å². The molecule has 2 N–H and O–H groups in total. The van der Waals surface area contributed by atoms with E-state index in [9.17, 15) is 9.59 Å². The van der Waals surface area contributed by atoms with E-state index in [0.717, 1.165) is 16.9 Å². The van der Waals surface area contributed by atoms with E-state index in [-0.39, 0.29) is 18.2 Å². The van der Waals surface area contributed by atoms with Crippen LogP contribution in [0.5, 0.6) is 5.75 Å².